The van der Waals surface area contributed by atoms with Crippen molar-refractivity contribution < 1.29 is 0 Å². The van der Waals surface area contributed by atoms with Crippen molar-refractivity contribution in [2.75, 3.05) is 11.9 Å². The maximum Gasteiger partial charge on any atom is 0.0583 e. The second-order valence-electron chi connectivity index (χ2n) is 5.06. The molecule has 0 saturated carbocycles. The number of hydrogen-bond acceptors (Lipinski definition) is 2. The Labute approximate surface area is 108 Å². The van der Waals surface area contributed by atoms with Gasteiger partial charge in [0.25, 0.3) is 0 Å². The highest BCUT2D eigenvalue weighted by Crippen LogP contribution is 2.27. The molecule has 3 rings (SSSR count). The van der Waals surface area contributed by atoms with E-state index in [1.807, 2.05) is 0 Å². The Bertz CT molecular complexity index is 507. The van der Waals surface area contributed by atoms with E-state index in [4.69, 9.17) is 0 Å². The predicted molar refractivity (Wildman–Crippen MR) is 75.6 cm³/mol. The largest absolute Gasteiger partial charge is 0.383 e. The van der Waals surface area contributed by atoms with Gasteiger partial charge in [0.05, 0.1) is 5.54 Å². The number of fused-ring (bicyclic) bond motifs is 1. The molecule has 0 aliphatic carbocycles. The number of rotatable bonds is 1. The highest BCUT2D eigenvalue weighted by Gasteiger charge is 2.28. The van der Waals surface area contributed by atoms with Crippen molar-refractivity contribution in [3.8, 4) is 0 Å². The minimum Gasteiger partial charge on any atom is -0.383 e. The molecular formula is C16H18N2. The summed E-state index contributed by atoms with van der Waals surface area (Å²) in [4.78, 5) is 0. The molecule has 0 spiro atoms. The Hall–Kier alpha value is -1.80. The van der Waals surface area contributed by atoms with Gasteiger partial charge in [0, 0.05) is 18.8 Å². The van der Waals surface area contributed by atoms with Crippen molar-refractivity contribution in [3.63, 3.8) is 0 Å². The van der Waals surface area contributed by atoms with Crippen molar-refractivity contribution >= 4 is 5.69 Å². The van der Waals surface area contributed by atoms with Crippen molar-refractivity contribution in [3.05, 3.63) is 65.7 Å². The highest BCUT2D eigenvalue weighted by atomic mass is 15.1. The zero-order valence-corrected chi connectivity index (χ0v) is 10.6. The minimum absolute atomic E-state index is 0.0275. The van der Waals surface area contributed by atoms with Gasteiger partial charge in [-0.15, -0.1) is 0 Å². The Kier molecular flexibility index (Phi) is 2.80. The quantitative estimate of drug-likeness (QED) is 0.797. The van der Waals surface area contributed by atoms with E-state index in [0.717, 1.165) is 13.1 Å². The SMILES string of the molecule is CC1(c2ccccc2)CNc2ccccc2CN1. The van der Waals surface area contributed by atoms with Crippen molar-refractivity contribution in [1.82, 2.24) is 5.32 Å². The van der Waals surface area contributed by atoms with E-state index in [2.05, 4.69) is 72.2 Å². The molecule has 2 heteroatoms. The van der Waals surface area contributed by atoms with Crippen LogP contribution in [0.1, 0.15) is 18.1 Å². The summed E-state index contributed by atoms with van der Waals surface area (Å²) in [5, 5.41) is 7.22. The van der Waals surface area contributed by atoms with Crippen LogP contribution in [0.25, 0.3) is 0 Å². The first-order valence-corrected chi connectivity index (χ1v) is 6.40. The summed E-state index contributed by atoms with van der Waals surface area (Å²) in [6.07, 6.45) is 0. The van der Waals surface area contributed by atoms with Crippen LogP contribution in [0, 0.1) is 0 Å². The lowest BCUT2D eigenvalue weighted by Gasteiger charge is -2.30. The lowest BCUT2D eigenvalue weighted by Crippen LogP contribution is -2.43. The lowest BCUT2D eigenvalue weighted by atomic mass is 9.92. The molecule has 18 heavy (non-hydrogen) atoms. The van der Waals surface area contributed by atoms with E-state index in [1.165, 1.54) is 16.8 Å². The van der Waals surface area contributed by atoms with Crippen LogP contribution in [0.15, 0.2) is 54.6 Å². The average Bonchev–Trinajstić information content (AvgIpc) is 2.61. The van der Waals surface area contributed by atoms with Gasteiger partial charge in [0.2, 0.25) is 0 Å². The van der Waals surface area contributed by atoms with Gasteiger partial charge in [-0.2, -0.15) is 0 Å². The first-order valence-electron chi connectivity index (χ1n) is 6.40. The Morgan fingerprint density at radius 2 is 1.67 bits per heavy atom. The molecule has 1 unspecified atom stereocenters. The summed E-state index contributed by atoms with van der Waals surface area (Å²) < 4.78 is 0. The van der Waals surface area contributed by atoms with E-state index >= 15 is 0 Å². The van der Waals surface area contributed by atoms with Crippen LogP contribution < -0.4 is 10.6 Å². The van der Waals surface area contributed by atoms with E-state index in [-0.39, 0.29) is 5.54 Å². The van der Waals surface area contributed by atoms with Gasteiger partial charge >= 0.3 is 0 Å². The first kappa shape index (κ1) is 11.3. The van der Waals surface area contributed by atoms with Crippen LogP contribution in [0.4, 0.5) is 5.69 Å². The normalized spacial score (nSPS) is 22.7. The standard InChI is InChI=1S/C16H18N2/c1-16(14-8-3-2-4-9-14)12-17-15-10-6-5-7-13(15)11-18-16/h2-10,17-18H,11-12H2,1H3. The van der Waals surface area contributed by atoms with Gasteiger partial charge in [-0.1, -0.05) is 48.5 Å². The molecule has 92 valence electrons. The fraction of sp³-hybridized carbons (Fsp3) is 0.250. The molecule has 2 aromatic carbocycles. The summed E-state index contributed by atoms with van der Waals surface area (Å²) >= 11 is 0. The van der Waals surface area contributed by atoms with Crippen LogP contribution in [-0.4, -0.2) is 6.54 Å². The van der Waals surface area contributed by atoms with Gasteiger partial charge in [0.15, 0.2) is 0 Å². The van der Waals surface area contributed by atoms with Gasteiger partial charge in [0.1, 0.15) is 0 Å². The Balaban J connectivity index is 1.91. The summed E-state index contributed by atoms with van der Waals surface area (Å²) in [5.74, 6) is 0. The van der Waals surface area contributed by atoms with Crippen LogP contribution in [0.5, 0.6) is 0 Å². The number of nitrogens with one attached hydrogen (secondary N) is 2. The van der Waals surface area contributed by atoms with Crippen LogP contribution >= 0.6 is 0 Å². The summed E-state index contributed by atoms with van der Waals surface area (Å²) in [7, 11) is 0. The van der Waals surface area contributed by atoms with E-state index in [9.17, 15) is 0 Å². The third kappa shape index (κ3) is 2.00. The predicted octanol–water partition coefficient (Wildman–Crippen LogP) is 3.12. The van der Waals surface area contributed by atoms with Crippen molar-refractivity contribution in [2.45, 2.75) is 19.0 Å². The number of hydrogen-bond donors (Lipinski definition) is 2. The highest BCUT2D eigenvalue weighted by molar-refractivity contribution is 5.52. The maximum atomic E-state index is 3.67. The fourth-order valence-corrected chi connectivity index (χ4v) is 2.48. The molecule has 0 fully saturated rings. The molecule has 0 bridgehead atoms. The molecule has 0 aromatic heterocycles. The summed E-state index contributed by atoms with van der Waals surface area (Å²) in [5.41, 5.74) is 3.87. The zero-order chi connectivity index (χ0) is 12.4. The molecule has 0 amide bonds. The van der Waals surface area contributed by atoms with Crippen molar-refractivity contribution in [1.29, 1.82) is 0 Å². The number of anilines is 1. The molecule has 1 aliphatic heterocycles. The zero-order valence-electron chi connectivity index (χ0n) is 10.6. The Morgan fingerprint density at radius 1 is 0.944 bits per heavy atom. The van der Waals surface area contributed by atoms with Crippen LogP contribution in [0.3, 0.4) is 0 Å². The van der Waals surface area contributed by atoms with Crippen molar-refractivity contribution in [2.24, 2.45) is 0 Å². The van der Waals surface area contributed by atoms with Gasteiger partial charge in [-0.3, -0.25) is 0 Å². The molecule has 0 radical (unpaired) electrons. The smallest absolute Gasteiger partial charge is 0.0583 e. The lowest BCUT2D eigenvalue weighted by molar-refractivity contribution is 0.391. The summed E-state index contributed by atoms with van der Waals surface area (Å²) in [6, 6.07) is 19.1. The number of benzene rings is 2. The molecule has 1 atom stereocenters. The second kappa shape index (κ2) is 4.46. The molecule has 2 N–H and O–H groups in total. The molecular weight excluding hydrogens is 220 g/mol. The minimum atomic E-state index is -0.0275. The van der Waals surface area contributed by atoms with E-state index < -0.39 is 0 Å². The fourth-order valence-electron chi connectivity index (χ4n) is 2.48. The second-order valence-corrected chi connectivity index (χ2v) is 5.06. The van der Waals surface area contributed by atoms with Gasteiger partial charge in [-0.05, 0) is 24.1 Å². The van der Waals surface area contributed by atoms with E-state index in [0.29, 0.717) is 0 Å². The maximum absolute atomic E-state index is 3.67. The van der Waals surface area contributed by atoms with Gasteiger partial charge < -0.3 is 10.6 Å². The molecule has 2 nitrogen and oxygen atoms in total. The Morgan fingerprint density at radius 3 is 2.50 bits per heavy atom. The monoisotopic (exact) mass is 238 g/mol. The van der Waals surface area contributed by atoms with Crippen LogP contribution in [0.2, 0.25) is 0 Å². The molecule has 1 aliphatic rings. The summed E-state index contributed by atoms with van der Waals surface area (Å²) in [6.45, 7) is 4.05. The first-order chi connectivity index (χ1) is 8.78. The van der Waals surface area contributed by atoms with Crippen LogP contribution in [-0.2, 0) is 12.1 Å². The number of para-hydroxylation sites is 1. The third-order valence-corrected chi connectivity index (χ3v) is 3.73. The molecule has 0 saturated heterocycles. The topological polar surface area (TPSA) is 24.1 Å². The molecule has 1 heterocycles. The van der Waals surface area contributed by atoms with E-state index in [1.54, 1.807) is 0 Å². The average molecular weight is 238 g/mol. The molecule has 2 aromatic rings. The van der Waals surface area contributed by atoms with Gasteiger partial charge in [-0.25, -0.2) is 0 Å². The third-order valence-electron chi connectivity index (χ3n) is 3.73.